The first-order valence-corrected chi connectivity index (χ1v) is 13.1. The summed E-state index contributed by atoms with van der Waals surface area (Å²) in [5, 5.41) is 15.5. The van der Waals surface area contributed by atoms with Crippen LogP contribution in [-0.4, -0.2) is 34.2 Å². The maximum Gasteiger partial charge on any atom is 0.154 e. The number of fused-ring (bicyclic) bond motifs is 1. The molecule has 8 heteroatoms. The maximum absolute atomic E-state index is 12.8. The van der Waals surface area contributed by atoms with Gasteiger partial charge in [0.15, 0.2) is 5.82 Å². The predicted molar refractivity (Wildman–Crippen MR) is 141 cm³/mol. The van der Waals surface area contributed by atoms with Gasteiger partial charge in [0.2, 0.25) is 0 Å². The molecule has 1 aromatic carbocycles. The second kappa shape index (κ2) is 10.5. The normalized spacial score (nSPS) is 14.7. The van der Waals surface area contributed by atoms with Gasteiger partial charge in [0.1, 0.15) is 4.75 Å². The summed E-state index contributed by atoms with van der Waals surface area (Å²) >= 11 is -1.19. The molecule has 0 aliphatic carbocycles. The molecule has 184 valence electrons. The van der Waals surface area contributed by atoms with E-state index in [9.17, 15) is 9.66 Å². The number of pyridine rings is 2. The average molecular weight is 492 g/mol. The van der Waals surface area contributed by atoms with Crippen LogP contribution in [0.25, 0.3) is 28.0 Å². The standard InChI is InChI=1S/C27H33N5O2S/c1-6-9-24(31-35(34)27(3,4)5)23-12-7-11-22(29-23)19-14-15-20-17-28-32(25(20)16-19)26-13-8-10-21(30-26)18(2)33/h7-8,10-18,24,31,33H,6,9H2,1-5H3. The predicted octanol–water partition coefficient (Wildman–Crippen LogP) is 5.43. The molecule has 3 aromatic heterocycles. The fourth-order valence-corrected chi connectivity index (χ4v) is 4.67. The molecule has 3 unspecified atom stereocenters. The molecule has 4 aromatic rings. The minimum atomic E-state index is -1.19. The summed E-state index contributed by atoms with van der Waals surface area (Å²) in [4.78, 5) is 9.52. The number of nitrogens with zero attached hydrogens (tertiary/aromatic N) is 4. The van der Waals surface area contributed by atoms with Crippen LogP contribution in [0.5, 0.6) is 0 Å². The van der Waals surface area contributed by atoms with Crippen molar-refractivity contribution >= 4 is 22.3 Å². The summed E-state index contributed by atoms with van der Waals surface area (Å²) in [5.74, 6) is 0.647. The van der Waals surface area contributed by atoms with E-state index in [1.165, 1.54) is 0 Å². The number of hydrogen-bond donors (Lipinski definition) is 2. The van der Waals surface area contributed by atoms with Crippen LogP contribution in [-0.2, 0) is 11.4 Å². The number of benzene rings is 1. The summed E-state index contributed by atoms with van der Waals surface area (Å²) in [6.07, 6.45) is 2.95. The van der Waals surface area contributed by atoms with E-state index in [-0.39, 0.29) is 10.8 Å². The van der Waals surface area contributed by atoms with E-state index in [2.05, 4.69) is 27.8 Å². The van der Waals surface area contributed by atoms with E-state index in [0.717, 1.165) is 40.7 Å². The van der Waals surface area contributed by atoms with Crippen LogP contribution >= 0.6 is 0 Å². The molecule has 0 saturated carbocycles. The molecule has 0 radical (unpaired) electrons. The molecule has 4 rings (SSSR count). The molecule has 0 aliphatic heterocycles. The van der Waals surface area contributed by atoms with E-state index in [4.69, 9.17) is 4.98 Å². The zero-order chi connectivity index (χ0) is 25.2. The Morgan fingerprint density at radius 1 is 1.06 bits per heavy atom. The number of aliphatic hydroxyl groups is 1. The van der Waals surface area contributed by atoms with E-state index >= 15 is 0 Å². The van der Waals surface area contributed by atoms with Crippen molar-refractivity contribution in [2.24, 2.45) is 0 Å². The highest BCUT2D eigenvalue weighted by molar-refractivity contribution is 7.90. The lowest BCUT2D eigenvalue weighted by Gasteiger charge is -2.27. The molecule has 0 fully saturated rings. The third-order valence-electron chi connectivity index (χ3n) is 5.78. The van der Waals surface area contributed by atoms with Gasteiger partial charge in [-0.15, -0.1) is 4.72 Å². The van der Waals surface area contributed by atoms with Crippen molar-refractivity contribution in [3.8, 4) is 17.1 Å². The van der Waals surface area contributed by atoms with Crippen LogP contribution in [0, 0.1) is 0 Å². The monoisotopic (exact) mass is 491 g/mol. The first kappa shape index (κ1) is 25.3. The average Bonchev–Trinajstić information content (AvgIpc) is 3.26. The lowest BCUT2D eigenvalue weighted by atomic mass is 10.1. The topological polar surface area (TPSA) is 98.9 Å². The quantitative estimate of drug-likeness (QED) is 0.319. The second-order valence-corrected chi connectivity index (χ2v) is 11.7. The van der Waals surface area contributed by atoms with Crippen molar-refractivity contribution in [2.75, 3.05) is 0 Å². The van der Waals surface area contributed by atoms with Crippen molar-refractivity contribution in [3.05, 3.63) is 72.2 Å². The Labute approximate surface area is 209 Å². The van der Waals surface area contributed by atoms with Gasteiger partial charge in [-0.3, -0.25) is 4.98 Å². The van der Waals surface area contributed by atoms with Gasteiger partial charge in [-0.2, -0.15) is 5.10 Å². The number of nitrogens with one attached hydrogen (secondary N) is 1. The van der Waals surface area contributed by atoms with Crippen molar-refractivity contribution in [1.29, 1.82) is 0 Å². The van der Waals surface area contributed by atoms with Crippen molar-refractivity contribution in [2.45, 2.75) is 64.4 Å². The Hall–Kier alpha value is -2.78. The van der Waals surface area contributed by atoms with Gasteiger partial charge in [0, 0.05) is 22.3 Å². The SMILES string of the molecule is CCCC(N[S+]([O-])C(C)(C)C)c1cccc(-c2ccc3cnn(-c4cccc(C(C)O)n4)c3c2)n1. The lowest BCUT2D eigenvalue weighted by molar-refractivity contribution is 0.194. The summed E-state index contributed by atoms with van der Waals surface area (Å²) in [6, 6.07) is 17.5. The van der Waals surface area contributed by atoms with Crippen molar-refractivity contribution in [1.82, 2.24) is 24.5 Å². The molecule has 0 bridgehead atoms. The summed E-state index contributed by atoms with van der Waals surface area (Å²) in [7, 11) is 0. The van der Waals surface area contributed by atoms with Crippen LogP contribution in [0.4, 0.5) is 0 Å². The zero-order valence-corrected chi connectivity index (χ0v) is 21.7. The Morgan fingerprint density at radius 3 is 2.51 bits per heavy atom. The highest BCUT2D eigenvalue weighted by Gasteiger charge is 2.30. The van der Waals surface area contributed by atoms with Crippen LogP contribution in [0.3, 0.4) is 0 Å². The van der Waals surface area contributed by atoms with Gasteiger partial charge in [-0.05, 0) is 64.4 Å². The third-order valence-corrected chi connectivity index (χ3v) is 7.39. The van der Waals surface area contributed by atoms with E-state index in [0.29, 0.717) is 11.5 Å². The molecule has 2 N–H and O–H groups in total. The Kier molecular flexibility index (Phi) is 7.56. The molecule has 0 amide bonds. The largest absolute Gasteiger partial charge is 0.598 e. The van der Waals surface area contributed by atoms with Crippen LogP contribution in [0.1, 0.15) is 71.0 Å². The van der Waals surface area contributed by atoms with E-state index < -0.39 is 17.5 Å². The molecule has 3 heterocycles. The first-order valence-electron chi connectivity index (χ1n) is 12.0. The number of rotatable bonds is 8. The van der Waals surface area contributed by atoms with Crippen LogP contribution < -0.4 is 4.72 Å². The van der Waals surface area contributed by atoms with Gasteiger partial charge >= 0.3 is 0 Å². The molecule has 0 aliphatic rings. The van der Waals surface area contributed by atoms with Gasteiger partial charge in [0.05, 0.1) is 40.9 Å². The summed E-state index contributed by atoms with van der Waals surface area (Å²) < 4.78 is 17.5. The smallest absolute Gasteiger partial charge is 0.154 e. The Bertz CT molecular complexity index is 1300. The zero-order valence-electron chi connectivity index (χ0n) is 20.9. The molecule has 3 atom stereocenters. The summed E-state index contributed by atoms with van der Waals surface area (Å²) in [6.45, 7) is 9.71. The highest BCUT2D eigenvalue weighted by atomic mass is 32.2. The first-order chi connectivity index (χ1) is 16.7. The van der Waals surface area contributed by atoms with Crippen LogP contribution in [0.15, 0.2) is 60.8 Å². The molecular weight excluding hydrogens is 458 g/mol. The molecule has 0 spiro atoms. The number of aromatic nitrogens is 4. The molecule has 0 saturated heterocycles. The minimum Gasteiger partial charge on any atom is -0.598 e. The van der Waals surface area contributed by atoms with Crippen LogP contribution in [0.2, 0.25) is 0 Å². The van der Waals surface area contributed by atoms with Crippen molar-refractivity contribution in [3.63, 3.8) is 0 Å². The second-order valence-electron chi connectivity index (χ2n) is 9.71. The lowest BCUT2D eigenvalue weighted by Crippen LogP contribution is -2.41. The fraction of sp³-hybridized carbons (Fsp3) is 0.370. The van der Waals surface area contributed by atoms with Gasteiger partial charge in [0.25, 0.3) is 0 Å². The minimum absolute atomic E-state index is 0.0957. The van der Waals surface area contributed by atoms with Gasteiger partial charge in [-0.1, -0.05) is 37.6 Å². The number of hydrogen-bond acceptors (Lipinski definition) is 6. The van der Waals surface area contributed by atoms with Crippen molar-refractivity contribution < 1.29 is 9.66 Å². The van der Waals surface area contributed by atoms with E-state index in [1.54, 1.807) is 17.7 Å². The maximum atomic E-state index is 12.8. The highest BCUT2D eigenvalue weighted by Crippen LogP contribution is 2.28. The van der Waals surface area contributed by atoms with Gasteiger partial charge < -0.3 is 9.66 Å². The van der Waals surface area contributed by atoms with Gasteiger partial charge in [-0.25, -0.2) is 9.67 Å². The molecule has 7 nitrogen and oxygen atoms in total. The Balaban J connectivity index is 1.70. The molecular formula is C27H33N5O2S. The third kappa shape index (κ3) is 5.73. The molecule has 35 heavy (non-hydrogen) atoms. The van der Waals surface area contributed by atoms with E-state index in [1.807, 2.05) is 69.4 Å². The number of aliphatic hydroxyl groups excluding tert-OH is 1. The summed E-state index contributed by atoms with van der Waals surface area (Å²) in [5.41, 5.74) is 4.18. The Morgan fingerprint density at radius 2 is 1.80 bits per heavy atom. The fourth-order valence-electron chi connectivity index (χ4n) is 3.82.